The number of hydrogen-bond acceptors (Lipinski definition) is 0. The first-order valence-corrected chi connectivity index (χ1v) is 21.3. The number of hydrogen-bond donors (Lipinski definition) is 0. The zero-order valence-electron chi connectivity index (χ0n) is 32.8. The van der Waals surface area contributed by atoms with Crippen molar-refractivity contribution in [2.24, 2.45) is 23.7 Å². The average molecular weight is 803 g/mol. The second-order valence-electron chi connectivity index (χ2n) is 17.9. The molecule has 0 saturated carbocycles. The van der Waals surface area contributed by atoms with Gasteiger partial charge in [0.2, 0.25) is 0 Å². The number of allylic oxidation sites excluding steroid dienone is 16. The summed E-state index contributed by atoms with van der Waals surface area (Å²) in [7, 11) is 0. The summed E-state index contributed by atoms with van der Waals surface area (Å²) in [6.07, 6.45) is 22.0. The van der Waals surface area contributed by atoms with Crippen LogP contribution in [0.25, 0.3) is 99.5 Å². The van der Waals surface area contributed by atoms with Crippen LogP contribution in [-0.2, 0) is 0 Å². The molecule has 0 spiro atoms. The third-order valence-electron chi connectivity index (χ3n) is 15.1. The second-order valence-corrected chi connectivity index (χ2v) is 17.9. The van der Waals surface area contributed by atoms with E-state index in [1.165, 1.54) is 90.7 Å². The number of fused-ring (bicyclic) bond motifs is 12. The minimum absolute atomic E-state index is 0.0590. The van der Waals surface area contributed by atoms with E-state index < -0.39 is 23.3 Å². The Morgan fingerprint density at radius 1 is 0.323 bits per heavy atom. The lowest BCUT2D eigenvalue weighted by atomic mass is 9.62. The van der Waals surface area contributed by atoms with Crippen molar-refractivity contribution in [1.29, 1.82) is 0 Å². The van der Waals surface area contributed by atoms with Crippen LogP contribution in [-0.4, -0.2) is 0 Å². The summed E-state index contributed by atoms with van der Waals surface area (Å²) in [4.78, 5) is 0. The lowest BCUT2D eigenvalue weighted by Gasteiger charge is -2.40. The molecule has 4 heteroatoms. The highest BCUT2D eigenvalue weighted by molar-refractivity contribution is 6.25. The molecule has 0 amide bonds. The van der Waals surface area contributed by atoms with E-state index in [-0.39, 0.29) is 23.7 Å². The van der Waals surface area contributed by atoms with E-state index in [2.05, 4.69) is 121 Å². The van der Waals surface area contributed by atoms with Gasteiger partial charge >= 0.3 is 0 Å². The molecule has 0 nitrogen and oxygen atoms in total. The Balaban J connectivity index is 1.09. The van der Waals surface area contributed by atoms with Gasteiger partial charge in [0.15, 0.2) is 0 Å². The van der Waals surface area contributed by atoms with Crippen molar-refractivity contribution in [3.8, 4) is 44.5 Å². The minimum atomic E-state index is -0.668. The van der Waals surface area contributed by atoms with E-state index in [4.69, 9.17) is 0 Å². The third kappa shape index (κ3) is 4.00. The Labute approximate surface area is 353 Å². The van der Waals surface area contributed by atoms with E-state index in [1.807, 2.05) is 0 Å². The standard InChI is InChI=1S/C58H30F4/c59-30-19-28(20-31(60)23-30)51-48-25-46-36-9-3-5-27-6-4-10-37(50(27)36)47(46)26-49(48)52(29-21-32(61)24-33(62)22-29)58-45-18-16-43-41-14-12-39-35-8-2-1-7-34(35)38-11-13-40(54(41)53(38)39)42-15-17-44(57(51)58)56(45)55(42)43/h1-27,50,55-56H. The molecule has 7 aromatic carbocycles. The van der Waals surface area contributed by atoms with Crippen LogP contribution in [0.3, 0.4) is 0 Å². The summed E-state index contributed by atoms with van der Waals surface area (Å²) in [6.45, 7) is 0. The molecule has 0 radical (unpaired) electrons. The smallest absolute Gasteiger partial charge is 0.126 e. The van der Waals surface area contributed by atoms with Gasteiger partial charge in [0, 0.05) is 35.8 Å². The van der Waals surface area contributed by atoms with Crippen molar-refractivity contribution in [2.45, 2.75) is 0 Å². The van der Waals surface area contributed by atoms with Gasteiger partial charge in [-0.15, -0.1) is 0 Å². The van der Waals surface area contributed by atoms with Crippen molar-refractivity contribution in [1.82, 2.24) is 0 Å². The maximum absolute atomic E-state index is 15.6. The molecule has 0 unspecified atom stereocenters. The van der Waals surface area contributed by atoms with Crippen molar-refractivity contribution in [2.75, 3.05) is 0 Å². The summed E-state index contributed by atoms with van der Waals surface area (Å²) < 4.78 is 62.4. The summed E-state index contributed by atoms with van der Waals surface area (Å²) in [5, 5.41) is 4.12. The highest BCUT2D eigenvalue weighted by atomic mass is 19.1. The van der Waals surface area contributed by atoms with Crippen molar-refractivity contribution in [3.63, 3.8) is 0 Å². The average Bonchev–Trinajstić information content (AvgIpc) is 3.90. The van der Waals surface area contributed by atoms with Gasteiger partial charge in [-0.1, -0.05) is 109 Å². The second kappa shape index (κ2) is 11.3. The molecule has 0 aliphatic heterocycles. The Kier molecular flexibility index (Phi) is 6.11. The molecule has 0 bridgehead atoms. The summed E-state index contributed by atoms with van der Waals surface area (Å²) in [5.41, 5.74) is 20.5. The largest absolute Gasteiger partial charge is 0.207 e. The molecule has 0 heterocycles. The predicted molar refractivity (Wildman–Crippen MR) is 243 cm³/mol. The zero-order valence-corrected chi connectivity index (χ0v) is 32.8. The number of rotatable bonds is 2. The van der Waals surface area contributed by atoms with Gasteiger partial charge in [0.25, 0.3) is 0 Å². The molecule has 8 aliphatic carbocycles. The molecule has 0 atom stereocenters. The molecular formula is C58H30F4. The molecule has 0 N–H and O–H groups in total. The highest BCUT2D eigenvalue weighted by Gasteiger charge is 2.49. The van der Waals surface area contributed by atoms with Crippen molar-refractivity contribution < 1.29 is 17.6 Å². The van der Waals surface area contributed by atoms with E-state index in [1.54, 1.807) is 0 Å². The van der Waals surface area contributed by atoms with Gasteiger partial charge in [0.1, 0.15) is 23.3 Å². The molecule has 290 valence electrons. The normalized spacial score (nSPS) is 21.7. The third-order valence-corrected chi connectivity index (χ3v) is 15.1. The minimum Gasteiger partial charge on any atom is -0.207 e. The lowest BCUT2D eigenvalue weighted by Crippen LogP contribution is -2.25. The van der Waals surface area contributed by atoms with Crippen LogP contribution >= 0.6 is 0 Å². The molecule has 7 aromatic rings. The molecule has 8 aliphatic rings. The van der Waals surface area contributed by atoms with Gasteiger partial charge in [-0.2, -0.15) is 0 Å². The Morgan fingerprint density at radius 3 is 1.21 bits per heavy atom. The fourth-order valence-electron chi connectivity index (χ4n) is 12.9. The number of halogens is 4. The van der Waals surface area contributed by atoms with Crippen LogP contribution in [0.15, 0.2) is 158 Å². The van der Waals surface area contributed by atoms with Crippen LogP contribution in [0.1, 0.15) is 33.4 Å². The molecule has 62 heavy (non-hydrogen) atoms. The molecule has 0 fully saturated rings. The molecule has 0 saturated heterocycles. The lowest BCUT2D eigenvalue weighted by molar-refractivity contribution is 0.583. The van der Waals surface area contributed by atoms with Crippen molar-refractivity contribution >= 4 is 55.0 Å². The Hall–Kier alpha value is -7.30. The first-order valence-electron chi connectivity index (χ1n) is 21.3. The van der Waals surface area contributed by atoms with Gasteiger partial charge in [-0.3, -0.25) is 0 Å². The van der Waals surface area contributed by atoms with Crippen LogP contribution in [0.2, 0.25) is 0 Å². The van der Waals surface area contributed by atoms with Crippen LogP contribution in [0.4, 0.5) is 17.6 Å². The van der Waals surface area contributed by atoms with Crippen molar-refractivity contribution in [3.05, 3.63) is 214 Å². The van der Waals surface area contributed by atoms with Crippen LogP contribution < -0.4 is 0 Å². The highest BCUT2D eigenvalue weighted by Crippen LogP contribution is 2.67. The predicted octanol–water partition coefficient (Wildman–Crippen LogP) is 15.2. The monoisotopic (exact) mass is 802 g/mol. The first-order chi connectivity index (χ1) is 30.4. The van der Waals surface area contributed by atoms with E-state index in [0.717, 1.165) is 67.4 Å². The SMILES string of the molecule is Fc1cc(F)cc(-c2c3c(c(-c4cc(F)cc(F)c4)c4cc5c(cc24)C2=CC=CC4C=CC=C5C24)C2=CC=C4c5ccc6c7c(ccc(c57)C5=CC=C3C2C54)-c2ccccc2-6)c1. The summed E-state index contributed by atoms with van der Waals surface area (Å²) in [5.74, 6) is -2.55. The van der Waals surface area contributed by atoms with Gasteiger partial charge < -0.3 is 0 Å². The summed E-state index contributed by atoms with van der Waals surface area (Å²) >= 11 is 0. The fourth-order valence-corrected chi connectivity index (χ4v) is 12.9. The fraction of sp³-hybridized carbons (Fsp3) is 0.0690. The van der Waals surface area contributed by atoms with Gasteiger partial charge in [-0.05, 0) is 169 Å². The molecule has 15 rings (SSSR count). The van der Waals surface area contributed by atoms with E-state index >= 15 is 17.6 Å². The van der Waals surface area contributed by atoms with Gasteiger partial charge in [-0.25, -0.2) is 17.6 Å². The maximum Gasteiger partial charge on any atom is 0.126 e. The zero-order chi connectivity index (χ0) is 40.9. The molecular weight excluding hydrogens is 773 g/mol. The quantitative estimate of drug-likeness (QED) is 0.153. The van der Waals surface area contributed by atoms with Crippen LogP contribution in [0, 0.1) is 46.9 Å². The number of benzene rings is 7. The van der Waals surface area contributed by atoms with Gasteiger partial charge in [0.05, 0.1) is 0 Å². The van der Waals surface area contributed by atoms with E-state index in [0.29, 0.717) is 11.1 Å². The van der Waals surface area contributed by atoms with Crippen LogP contribution in [0.5, 0.6) is 0 Å². The molecule has 0 aromatic heterocycles. The Bertz CT molecular complexity index is 3420. The van der Waals surface area contributed by atoms with E-state index in [9.17, 15) is 0 Å². The maximum atomic E-state index is 15.6. The topological polar surface area (TPSA) is 0 Å². The Morgan fingerprint density at radius 2 is 0.726 bits per heavy atom. The summed E-state index contributed by atoms with van der Waals surface area (Å²) in [6, 6.07) is 29.6. The first kappa shape index (κ1) is 33.4.